The van der Waals surface area contributed by atoms with Crippen LogP contribution in [-0.4, -0.2) is 7.07 Å². The Morgan fingerprint density at radius 3 is 2.50 bits per heavy atom. The number of hydrogen-bond donors (Lipinski definition) is 1. The van der Waals surface area contributed by atoms with Gasteiger partial charge in [0.1, 0.15) is 0 Å². The van der Waals surface area contributed by atoms with Crippen molar-refractivity contribution in [3.05, 3.63) is 0 Å². The van der Waals surface area contributed by atoms with Crippen molar-refractivity contribution >= 4 is 7.07 Å². The summed E-state index contributed by atoms with van der Waals surface area (Å²) in [4.78, 5) is 0. The summed E-state index contributed by atoms with van der Waals surface area (Å²) in [5.74, 6) is 0. The molecule has 0 amide bonds. The Hall–Kier alpha value is -0.135. The molecule has 1 N–H and O–H groups in total. The van der Waals surface area contributed by atoms with Crippen molar-refractivity contribution in [1.29, 1.82) is 5.31 Å². The molecule has 1 nitrogen and oxygen atoms in total. The van der Waals surface area contributed by atoms with E-state index in [1.807, 2.05) is 0 Å². The number of rotatable bonds is 3. The summed E-state index contributed by atoms with van der Waals surface area (Å²) >= 11 is 0. The van der Waals surface area contributed by atoms with Gasteiger partial charge in [-0.25, -0.2) is 0 Å². The van der Waals surface area contributed by atoms with Crippen molar-refractivity contribution < 1.29 is 0 Å². The average Bonchev–Trinajstić information content (AvgIpc) is 1.61. The first-order valence-corrected chi connectivity index (χ1v) is 2.40. The molecule has 0 radical (unpaired) electrons. The first kappa shape index (κ1) is 5.86. The minimum atomic E-state index is 0.955. The normalized spacial score (nSPS) is 7.50. The van der Waals surface area contributed by atoms with E-state index in [4.69, 9.17) is 5.31 Å². The van der Waals surface area contributed by atoms with Crippen LogP contribution in [0.25, 0.3) is 0 Å². The molecule has 0 heterocycles. The fraction of sp³-hybridized carbons (Fsp3) is 1.00. The van der Waals surface area contributed by atoms with E-state index in [0.29, 0.717) is 0 Å². The number of unbranched alkanes of at least 4 members (excludes halogenated alkanes) is 1. The number of nitrogens with one attached hydrogen (secondary N) is 1. The van der Waals surface area contributed by atoms with Crippen molar-refractivity contribution in [2.24, 2.45) is 0 Å². The standard InChI is InChI=1S/C4H10BN/c1-2-3-4-5-6/h6H,2-4H2,1H3. The van der Waals surface area contributed by atoms with Gasteiger partial charge in [-0.05, 0) is 0 Å². The van der Waals surface area contributed by atoms with Gasteiger partial charge in [-0.1, -0.05) is 0 Å². The zero-order chi connectivity index (χ0) is 4.83. The molecule has 0 spiro atoms. The molecular weight excluding hydrogens is 72.9 g/mol. The van der Waals surface area contributed by atoms with E-state index in [2.05, 4.69) is 6.92 Å². The fourth-order valence-corrected chi connectivity index (χ4v) is 0.306. The topological polar surface area (TPSA) is 23.9 Å². The van der Waals surface area contributed by atoms with E-state index in [9.17, 15) is 0 Å². The molecule has 34 valence electrons. The van der Waals surface area contributed by atoms with Crippen LogP contribution >= 0.6 is 0 Å². The average molecular weight is 82.9 g/mol. The molecule has 2 heteroatoms. The molecular formula is C4H10BN. The predicted octanol–water partition coefficient (Wildman–Crippen LogP) is 1.67. The summed E-state index contributed by atoms with van der Waals surface area (Å²) in [5.41, 5.74) is 0. The summed E-state index contributed by atoms with van der Waals surface area (Å²) in [6.07, 6.45) is 3.33. The van der Waals surface area contributed by atoms with Crippen LogP contribution in [0.5, 0.6) is 0 Å². The van der Waals surface area contributed by atoms with Crippen LogP contribution < -0.4 is 0 Å². The molecule has 0 unspecified atom stereocenters. The van der Waals surface area contributed by atoms with Gasteiger partial charge in [0.2, 0.25) is 0 Å². The van der Waals surface area contributed by atoms with E-state index in [-0.39, 0.29) is 0 Å². The van der Waals surface area contributed by atoms with Crippen LogP contribution in [-0.2, 0) is 0 Å². The van der Waals surface area contributed by atoms with Gasteiger partial charge in [-0.2, -0.15) is 0 Å². The Morgan fingerprint density at radius 1 is 1.67 bits per heavy atom. The van der Waals surface area contributed by atoms with Gasteiger partial charge < -0.3 is 0 Å². The predicted molar refractivity (Wildman–Crippen MR) is 28.2 cm³/mol. The number of hydrogen-bond acceptors (Lipinski definition) is 1. The monoisotopic (exact) mass is 83.1 g/mol. The first-order valence-electron chi connectivity index (χ1n) is 2.40. The van der Waals surface area contributed by atoms with Crippen molar-refractivity contribution in [1.82, 2.24) is 0 Å². The van der Waals surface area contributed by atoms with Crippen LogP contribution in [0.15, 0.2) is 0 Å². The third-order valence-electron chi connectivity index (χ3n) is 0.702. The second kappa shape index (κ2) is 4.86. The Labute approximate surface area is 39.5 Å². The summed E-state index contributed by atoms with van der Waals surface area (Å²) in [6.45, 7) is 2.13. The third kappa shape index (κ3) is 3.86. The first-order chi connectivity index (χ1) is 2.91. The van der Waals surface area contributed by atoms with E-state index < -0.39 is 0 Å². The Morgan fingerprint density at radius 2 is 2.33 bits per heavy atom. The quantitative estimate of drug-likeness (QED) is 0.396. The molecule has 6 heavy (non-hydrogen) atoms. The maximum atomic E-state index is 6.58. The van der Waals surface area contributed by atoms with Crippen LogP contribution in [0.1, 0.15) is 19.8 Å². The molecule has 0 rings (SSSR count). The van der Waals surface area contributed by atoms with Gasteiger partial charge >= 0.3 is 38.5 Å². The van der Waals surface area contributed by atoms with Crippen LogP contribution in [0.4, 0.5) is 0 Å². The van der Waals surface area contributed by atoms with Gasteiger partial charge in [0.25, 0.3) is 0 Å². The van der Waals surface area contributed by atoms with Crippen molar-refractivity contribution in [3.63, 3.8) is 0 Å². The van der Waals surface area contributed by atoms with Gasteiger partial charge in [-0.3, -0.25) is 0 Å². The summed E-state index contributed by atoms with van der Waals surface area (Å²) in [5, 5.41) is 6.58. The Bertz CT molecular complexity index is 36.5. The SMILES string of the molecule is CCCCB=N. The van der Waals surface area contributed by atoms with E-state index in [0.717, 1.165) is 6.32 Å². The molecule has 0 aromatic heterocycles. The molecule has 0 aromatic carbocycles. The van der Waals surface area contributed by atoms with E-state index >= 15 is 0 Å². The third-order valence-corrected chi connectivity index (χ3v) is 0.702. The summed E-state index contributed by atoms with van der Waals surface area (Å²) in [6, 6.07) is 0. The summed E-state index contributed by atoms with van der Waals surface area (Å²) < 4.78 is 0. The van der Waals surface area contributed by atoms with Crippen LogP contribution in [0.2, 0.25) is 6.32 Å². The van der Waals surface area contributed by atoms with Crippen molar-refractivity contribution in [3.8, 4) is 0 Å². The zero-order valence-electron chi connectivity index (χ0n) is 4.20. The second-order valence-electron chi connectivity index (χ2n) is 1.35. The van der Waals surface area contributed by atoms with Gasteiger partial charge in [0.05, 0.1) is 0 Å². The molecule has 0 aliphatic carbocycles. The van der Waals surface area contributed by atoms with Crippen molar-refractivity contribution in [2.75, 3.05) is 0 Å². The second-order valence-corrected chi connectivity index (χ2v) is 1.35. The van der Waals surface area contributed by atoms with Crippen LogP contribution in [0, 0.1) is 5.31 Å². The zero-order valence-corrected chi connectivity index (χ0v) is 4.20. The molecule has 0 atom stereocenters. The molecule has 0 saturated carbocycles. The van der Waals surface area contributed by atoms with Gasteiger partial charge in [0, 0.05) is 0 Å². The van der Waals surface area contributed by atoms with Crippen molar-refractivity contribution in [2.45, 2.75) is 26.1 Å². The molecule has 0 saturated heterocycles. The Balaban J connectivity index is 2.49. The molecule has 0 aromatic rings. The molecule has 0 aliphatic heterocycles. The van der Waals surface area contributed by atoms with E-state index in [1.54, 1.807) is 0 Å². The fourth-order valence-electron chi connectivity index (χ4n) is 0.306. The summed E-state index contributed by atoms with van der Waals surface area (Å²) in [7, 11) is 1.46. The van der Waals surface area contributed by atoms with E-state index in [1.165, 1.54) is 19.9 Å². The molecule has 0 aliphatic rings. The van der Waals surface area contributed by atoms with Gasteiger partial charge in [-0.15, -0.1) is 0 Å². The minimum absolute atomic E-state index is 0.955. The molecule has 0 fully saturated rings. The molecule has 0 bridgehead atoms. The maximum absolute atomic E-state index is 6.58. The van der Waals surface area contributed by atoms with Crippen LogP contribution in [0.3, 0.4) is 0 Å². The van der Waals surface area contributed by atoms with Gasteiger partial charge in [0.15, 0.2) is 0 Å². The Kier molecular flexibility index (Phi) is 4.76.